The molecule has 7 heteroatoms. The molecular formula is C21H29FN4OS. The molecule has 0 bridgehead atoms. The Morgan fingerprint density at radius 1 is 1.46 bits per heavy atom. The summed E-state index contributed by atoms with van der Waals surface area (Å²) in [6, 6.07) is 6.35. The summed E-state index contributed by atoms with van der Waals surface area (Å²) >= 11 is 5.50. The van der Waals surface area contributed by atoms with Crippen LogP contribution in [0.4, 0.5) is 10.1 Å². The number of thiocarbonyl (C=S) groups is 1. The molecule has 0 saturated carbocycles. The second kappa shape index (κ2) is 8.57. The molecule has 1 amide bonds. The quantitative estimate of drug-likeness (QED) is 0.582. The average molecular weight is 405 g/mol. The molecule has 2 aliphatic rings. The van der Waals surface area contributed by atoms with Crippen LogP contribution in [0.1, 0.15) is 33.1 Å². The molecule has 1 spiro atoms. The molecule has 2 N–H and O–H groups in total. The number of para-hydroxylation sites is 1. The van der Waals surface area contributed by atoms with Crippen molar-refractivity contribution < 1.29 is 9.18 Å². The number of nitrogens with zero attached hydrogens (tertiary/aromatic N) is 2. The highest BCUT2D eigenvalue weighted by Gasteiger charge is 2.52. The standard InChI is InChI=1S/C21H29FN4OS/c1-4-12-26-19(27)18(15(3)5-2)24-21(26)10-13-25(14-11-21)20(28)23-17-9-7-6-8-16(17)22/h4,6-9,15,18,24H,1,5,10-14H2,2-3H3,(H,23,28)/t15-,18-/m1/s1. The third-order valence-electron chi connectivity index (χ3n) is 5.99. The van der Waals surface area contributed by atoms with E-state index in [2.05, 4.69) is 31.1 Å². The van der Waals surface area contributed by atoms with E-state index in [4.69, 9.17) is 12.2 Å². The SMILES string of the molecule is C=CCN1C(=O)[C@@H]([C@H](C)CC)NC12CCN(C(=S)Nc1ccccc1F)CC2. The van der Waals surface area contributed by atoms with Crippen LogP contribution >= 0.6 is 12.2 Å². The maximum absolute atomic E-state index is 13.9. The van der Waals surface area contributed by atoms with Crippen molar-refractivity contribution in [3.05, 3.63) is 42.7 Å². The summed E-state index contributed by atoms with van der Waals surface area (Å²) in [5, 5.41) is 7.16. The largest absolute Gasteiger partial charge is 0.349 e. The van der Waals surface area contributed by atoms with Gasteiger partial charge < -0.3 is 15.1 Å². The molecular weight excluding hydrogens is 375 g/mol. The number of hydrogen-bond donors (Lipinski definition) is 2. The number of rotatable bonds is 5. The first-order chi connectivity index (χ1) is 13.4. The second-order valence-corrected chi connectivity index (χ2v) is 8.06. The number of nitrogens with one attached hydrogen (secondary N) is 2. The van der Waals surface area contributed by atoms with Crippen molar-refractivity contribution in [1.29, 1.82) is 0 Å². The zero-order valence-corrected chi connectivity index (χ0v) is 17.4. The number of piperidine rings is 1. The van der Waals surface area contributed by atoms with Crippen molar-refractivity contribution in [2.75, 3.05) is 25.0 Å². The monoisotopic (exact) mass is 404 g/mol. The van der Waals surface area contributed by atoms with Gasteiger partial charge in [-0.05, 0) is 30.3 Å². The molecule has 2 saturated heterocycles. The summed E-state index contributed by atoms with van der Waals surface area (Å²) in [5.41, 5.74) is 0.0239. The van der Waals surface area contributed by atoms with Gasteiger partial charge in [0.2, 0.25) is 5.91 Å². The Bertz CT molecular complexity index is 748. The van der Waals surface area contributed by atoms with Gasteiger partial charge >= 0.3 is 0 Å². The number of hydrogen-bond acceptors (Lipinski definition) is 3. The summed E-state index contributed by atoms with van der Waals surface area (Å²) in [5.74, 6) is 0.116. The minimum atomic E-state index is -0.358. The van der Waals surface area contributed by atoms with E-state index in [1.165, 1.54) is 6.07 Å². The fraction of sp³-hybridized carbons (Fsp3) is 0.524. The van der Waals surface area contributed by atoms with Crippen molar-refractivity contribution in [3.63, 3.8) is 0 Å². The number of amides is 1. The summed E-state index contributed by atoms with van der Waals surface area (Å²) in [4.78, 5) is 17.0. The van der Waals surface area contributed by atoms with Gasteiger partial charge in [-0.1, -0.05) is 38.5 Å². The number of carbonyl (C=O) groups is 1. The Balaban J connectivity index is 1.68. The average Bonchev–Trinajstić information content (AvgIpc) is 2.96. The zero-order chi connectivity index (χ0) is 20.3. The first-order valence-electron chi connectivity index (χ1n) is 9.92. The van der Waals surface area contributed by atoms with Gasteiger partial charge in [0, 0.05) is 32.5 Å². The highest BCUT2D eigenvalue weighted by molar-refractivity contribution is 7.80. The lowest BCUT2D eigenvalue weighted by atomic mass is 9.95. The lowest BCUT2D eigenvalue weighted by molar-refractivity contribution is -0.133. The Hall–Kier alpha value is -1.99. The van der Waals surface area contributed by atoms with E-state index >= 15 is 0 Å². The van der Waals surface area contributed by atoms with Crippen molar-refractivity contribution in [3.8, 4) is 0 Å². The van der Waals surface area contributed by atoms with Crippen molar-refractivity contribution in [1.82, 2.24) is 15.1 Å². The fourth-order valence-electron chi connectivity index (χ4n) is 4.07. The van der Waals surface area contributed by atoms with Crippen molar-refractivity contribution >= 4 is 28.9 Å². The predicted molar refractivity (Wildman–Crippen MR) is 114 cm³/mol. The summed E-state index contributed by atoms with van der Waals surface area (Å²) in [6.07, 6.45) is 4.26. The van der Waals surface area contributed by atoms with Gasteiger partial charge in [-0.2, -0.15) is 0 Å². The van der Waals surface area contributed by atoms with Crippen LogP contribution in [0.3, 0.4) is 0 Å². The van der Waals surface area contributed by atoms with Crippen LogP contribution in [-0.4, -0.2) is 52.2 Å². The van der Waals surface area contributed by atoms with E-state index in [1.807, 2.05) is 9.80 Å². The van der Waals surface area contributed by atoms with Gasteiger partial charge in [0.05, 0.1) is 17.4 Å². The van der Waals surface area contributed by atoms with Gasteiger partial charge in [0.25, 0.3) is 0 Å². The van der Waals surface area contributed by atoms with E-state index in [1.54, 1.807) is 24.3 Å². The van der Waals surface area contributed by atoms with E-state index in [0.717, 1.165) is 19.3 Å². The van der Waals surface area contributed by atoms with Crippen molar-refractivity contribution in [2.24, 2.45) is 5.92 Å². The molecule has 28 heavy (non-hydrogen) atoms. The van der Waals surface area contributed by atoms with Crippen LogP contribution in [-0.2, 0) is 4.79 Å². The topological polar surface area (TPSA) is 47.6 Å². The van der Waals surface area contributed by atoms with Crippen LogP contribution in [0.25, 0.3) is 0 Å². The molecule has 2 fully saturated rings. The van der Waals surface area contributed by atoms with Crippen LogP contribution in [0.15, 0.2) is 36.9 Å². The van der Waals surface area contributed by atoms with E-state index in [9.17, 15) is 9.18 Å². The molecule has 3 rings (SSSR count). The lowest BCUT2D eigenvalue weighted by Crippen LogP contribution is -2.60. The van der Waals surface area contributed by atoms with Crippen LogP contribution in [0.2, 0.25) is 0 Å². The third kappa shape index (κ3) is 3.91. The van der Waals surface area contributed by atoms with Gasteiger partial charge in [0.15, 0.2) is 5.11 Å². The zero-order valence-electron chi connectivity index (χ0n) is 16.6. The van der Waals surface area contributed by atoms with Crippen molar-refractivity contribution in [2.45, 2.75) is 44.8 Å². The smallest absolute Gasteiger partial charge is 0.241 e. The van der Waals surface area contributed by atoms with Gasteiger partial charge in [-0.3, -0.25) is 10.1 Å². The number of benzene rings is 1. The number of likely N-dealkylation sites (tertiary alicyclic amines) is 1. The highest BCUT2D eigenvalue weighted by Crippen LogP contribution is 2.35. The summed E-state index contributed by atoms with van der Waals surface area (Å²) < 4.78 is 13.9. The minimum absolute atomic E-state index is 0.153. The molecule has 0 aliphatic carbocycles. The summed E-state index contributed by atoms with van der Waals surface area (Å²) in [7, 11) is 0. The third-order valence-corrected chi connectivity index (χ3v) is 6.35. The Morgan fingerprint density at radius 3 is 2.75 bits per heavy atom. The van der Waals surface area contributed by atoms with Crippen LogP contribution < -0.4 is 10.6 Å². The molecule has 0 aromatic heterocycles. The van der Waals surface area contributed by atoms with Gasteiger partial charge in [0.1, 0.15) is 5.82 Å². The van der Waals surface area contributed by atoms with Gasteiger partial charge in [-0.15, -0.1) is 6.58 Å². The second-order valence-electron chi connectivity index (χ2n) is 7.67. The Labute approximate surface area is 172 Å². The number of anilines is 1. The fourth-order valence-corrected chi connectivity index (χ4v) is 4.37. The minimum Gasteiger partial charge on any atom is -0.349 e. The molecule has 2 heterocycles. The lowest BCUT2D eigenvalue weighted by Gasteiger charge is -2.45. The van der Waals surface area contributed by atoms with Crippen LogP contribution in [0.5, 0.6) is 0 Å². The van der Waals surface area contributed by atoms with E-state index in [0.29, 0.717) is 30.4 Å². The van der Waals surface area contributed by atoms with E-state index in [-0.39, 0.29) is 29.3 Å². The maximum atomic E-state index is 13.9. The highest BCUT2D eigenvalue weighted by atomic mass is 32.1. The maximum Gasteiger partial charge on any atom is 0.241 e. The first kappa shape index (κ1) is 20.7. The Kier molecular flexibility index (Phi) is 6.35. The molecule has 2 aliphatic heterocycles. The number of carbonyl (C=O) groups excluding carboxylic acids is 1. The Morgan fingerprint density at radius 2 is 2.14 bits per heavy atom. The molecule has 2 atom stereocenters. The molecule has 152 valence electrons. The molecule has 0 radical (unpaired) electrons. The number of halogens is 1. The molecule has 1 aromatic carbocycles. The van der Waals surface area contributed by atoms with Gasteiger partial charge in [-0.25, -0.2) is 4.39 Å². The van der Waals surface area contributed by atoms with Crippen LogP contribution in [0, 0.1) is 11.7 Å². The molecule has 0 unspecified atom stereocenters. The molecule has 5 nitrogen and oxygen atoms in total. The first-order valence-corrected chi connectivity index (χ1v) is 10.3. The van der Waals surface area contributed by atoms with E-state index < -0.39 is 0 Å². The summed E-state index contributed by atoms with van der Waals surface area (Å²) in [6.45, 7) is 9.98. The molecule has 1 aromatic rings. The predicted octanol–water partition coefficient (Wildman–Crippen LogP) is 3.35. The normalized spacial score (nSPS) is 22.4.